The van der Waals surface area contributed by atoms with Crippen LogP contribution in [0.2, 0.25) is 19.6 Å². The van der Waals surface area contributed by atoms with Gasteiger partial charge in [0, 0.05) is 38.1 Å². The van der Waals surface area contributed by atoms with Gasteiger partial charge in [0.05, 0.1) is 36.1 Å². The van der Waals surface area contributed by atoms with Gasteiger partial charge in [0.1, 0.15) is 11.6 Å². The standard InChI is InChI=1S/C74H79N3OSi/c1-47-38-58(79(14,15)16)34-35-59(47)51-32-30-48(31-33-51)52-36-37-75-65(42-52)54-39-53(40-55(41-54)71(2,3)4)60-28-23-29-66-67(60)76-70(63-45-57(73(8,9)10)46-64(69(63)78)74(11,12)13)77(66)68-61(49-24-19-17-20-25-49)43-56(72(5,6)7)44-62(68)50-26-21-18-22-27-50/h17-46,78H,1-16H3/i1D3. The highest BCUT2D eigenvalue weighted by Gasteiger charge is 2.32. The first-order valence-corrected chi connectivity index (χ1v) is 31.4. The maximum absolute atomic E-state index is 12.9. The molecule has 8 aromatic carbocycles. The van der Waals surface area contributed by atoms with Gasteiger partial charge in [-0.05, 0) is 138 Å². The van der Waals surface area contributed by atoms with E-state index in [-0.39, 0.29) is 27.4 Å². The van der Waals surface area contributed by atoms with Crippen LogP contribution in [0, 0.1) is 6.85 Å². The summed E-state index contributed by atoms with van der Waals surface area (Å²) in [7, 11) is -1.75. The first-order chi connectivity index (χ1) is 38.4. The highest BCUT2D eigenvalue weighted by Crippen LogP contribution is 2.48. The number of benzene rings is 8. The number of aryl methyl sites for hydroxylation is 1. The largest absolute Gasteiger partial charge is 0.507 e. The Morgan fingerprint density at radius 3 is 1.56 bits per heavy atom. The van der Waals surface area contributed by atoms with Gasteiger partial charge in [0.25, 0.3) is 0 Å². The summed E-state index contributed by atoms with van der Waals surface area (Å²) in [5.74, 6) is 0.877. The lowest BCUT2D eigenvalue weighted by Crippen LogP contribution is -2.37. The van der Waals surface area contributed by atoms with Crippen LogP contribution in [0.25, 0.3) is 95.0 Å². The smallest absolute Gasteiger partial charge is 0.149 e. The number of para-hydroxylation sites is 1. The number of imidazole rings is 1. The van der Waals surface area contributed by atoms with Crippen LogP contribution in [-0.4, -0.2) is 27.7 Å². The van der Waals surface area contributed by atoms with Gasteiger partial charge in [0.15, 0.2) is 0 Å². The Hall–Kier alpha value is -7.60. The SMILES string of the molecule is [2H]C([2H])([2H])c1cc([Si](C)(C)C)ccc1-c1ccc(-c2ccnc(-c3cc(-c4cccc5c4nc(-c4cc(C(C)(C)C)cc(C(C)(C)C)c4O)n5-c4c(-c5ccccc5)cc(C(C)(C)C)cc4-c4ccccc4)cc(C(C)(C)C)c3)c2)cc1. The molecule has 400 valence electrons. The number of hydrogen-bond donors (Lipinski definition) is 1. The van der Waals surface area contributed by atoms with Gasteiger partial charge >= 0.3 is 0 Å². The van der Waals surface area contributed by atoms with Crippen molar-refractivity contribution in [3.8, 4) is 89.7 Å². The van der Waals surface area contributed by atoms with E-state index in [1.807, 2.05) is 36.5 Å². The number of hydrogen-bond acceptors (Lipinski definition) is 3. The number of fused-ring (bicyclic) bond motifs is 1. The molecule has 0 aliphatic carbocycles. The van der Waals surface area contributed by atoms with Crippen LogP contribution in [0.1, 0.15) is 115 Å². The molecule has 0 aliphatic heterocycles. The van der Waals surface area contributed by atoms with E-state index in [9.17, 15) is 5.11 Å². The van der Waals surface area contributed by atoms with Crippen molar-refractivity contribution in [2.45, 2.75) is 131 Å². The Labute approximate surface area is 476 Å². The van der Waals surface area contributed by atoms with E-state index in [4.69, 9.17) is 14.1 Å². The van der Waals surface area contributed by atoms with Gasteiger partial charge in [-0.2, -0.15) is 0 Å². The Balaban J connectivity index is 1.22. The lowest BCUT2D eigenvalue weighted by Gasteiger charge is -2.28. The van der Waals surface area contributed by atoms with Crippen LogP contribution in [0.5, 0.6) is 5.75 Å². The molecule has 4 nitrogen and oxygen atoms in total. The molecule has 2 aromatic heterocycles. The third-order valence-electron chi connectivity index (χ3n) is 15.7. The Bertz CT molecular complexity index is 3970. The van der Waals surface area contributed by atoms with Gasteiger partial charge < -0.3 is 5.11 Å². The Morgan fingerprint density at radius 1 is 0.443 bits per heavy atom. The number of rotatable bonds is 9. The molecule has 0 saturated carbocycles. The second-order valence-electron chi connectivity index (χ2n) is 26.8. The molecule has 10 aromatic rings. The average Bonchev–Trinajstić information content (AvgIpc) is 2.84. The summed E-state index contributed by atoms with van der Waals surface area (Å²) in [5.41, 5.74) is 18.7. The molecular formula is C74H79N3OSi. The van der Waals surface area contributed by atoms with Crippen molar-refractivity contribution in [2.75, 3.05) is 0 Å². The van der Waals surface area contributed by atoms with Crippen LogP contribution in [0.15, 0.2) is 182 Å². The molecule has 0 amide bonds. The van der Waals surface area contributed by atoms with Crippen LogP contribution in [-0.2, 0) is 21.7 Å². The molecule has 10 rings (SSSR count). The summed E-state index contributed by atoms with van der Waals surface area (Å²) in [4.78, 5) is 10.9. The first kappa shape index (κ1) is 50.9. The van der Waals surface area contributed by atoms with E-state index in [0.717, 1.165) is 105 Å². The monoisotopic (exact) mass is 1060 g/mol. The van der Waals surface area contributed by atoms with Gasteiger partial charge in [-0.1, -0.05) is 235 Å². The van der Waals surface area contributed by atoms with Crippen molar-refractivity contribution >= 4 is 24.3 Å². The minimum absolute atomic E-state index is 0.179. The van der Waals surface area contributed by atoms with Crippen molar-refractivity contribution in [2.24, 2.45) is 0 Å². The quantitative estimate of drug-likeness (QED) is 0.147. The predicted molar refractivity (Wildman–Crippen MR) is 341 cm³/mol. The van der Waals surface area contributed by atoms with Crippen LogP contribution < -0.4 is 5.19 Å². The Kier molecular flexibility index (Phi) is 13.0. The molecule has 0 bridgehead atoms. The molecule has 1 N–H and O–H groups in total. The fraction of sp³-hybridized carbons (Fsp3) is 0.270. The highest BCUT2D eigenvalue weighted by atomic mass is 28.3. The highest BCUT2D eigenvalue weighted by molar-refractivity contribution is 6.88. The van der Waals surface area contributed by atoms with Crippen molar-refractivity contribution in [1.82, 2.24) is 14.5 Å². The third-order valence-corrected chi connectivity index (χ3v) is 17.7. The minimum Gasteiger partial charge on any atom is -0.507 e. The molecule has 0 fully saturated rings. The number of phenolic OH excluding ortho intramolecular Hbond substituents is 1. The second kappa shape index (κ2) is 20.2. The molecule has 0 atom stereocenters. The number of aromatic hydroxyl groups is 1. The first-order valence-electron chi connectivity index (χ1n) is 29.4. The maximum Gasteiger partial charge on any atom is 0.149 e. The van der Waals surface area contributed by atoms with Crippen LogP contribution in [0.3, 0.4) is 0 Å². The summed E-state index contributed by atoms with van der Waals surface area (Å²) < 4.78 is 27.8. The zero-order valence-corrected chi connectivity index (χ0v) is 50.1. The summed E-state index contributed by atoms with van der Waals surface area (Å²) in [5, 5.41) is 14.1. The van der Waals surface area contributed by atoms with Crippen molar-refractivity contribution in [1.29, 1.82) is 0 Å². The molecule has 0 aliphatic rings. The van der Waals surface area contributed by atoms with Crippen molar-refractivity contribution in [3.63, 3.8) is 0 Å². The lowest BCUT2D eigenvalue weighted by atomic mass is 9.78. The summed E-state index contributed by atoms with van der Waals surface area (Å²) in [6, 6.07) is 62.2. The molecule has 0 unspecified atom stereocenters. The van der Waals surface area contributed by atoms with Gasteiger partial charge in [-0.25, -0.2) is 4.98 Å². The number of aromatic nitrogens is 3. The zero-order valence-electron chi connectivity index (χ0n) is 52.1. The summed E-state index contributed by atoms with van der Waals surface area (Å²) in [6.45, 7) is 31.3. The van der Waals surface area contributed by atoms with E-state index in [0.29, 0.717) is 17.0 Å². The molecule has 0 radical (unpaired) electrons. The average molecular weight is 1060 g/mol. The summed E-state index contributed by atoms with van der Waals surface area (Å²) in [6.07, 6.45) is 1.88. The molecule has 0 saturated heterocycles. The van der Waals surface area contributed by atoms with E-state index in [1.165, 1.54) is 5.56 Å². The molecule has 5 heteroatoms. The van der Waals surface area contributed by atoms with Crippen molar-refractivity contribution < 1.29 is 9.22 Å². The predicted octanol–water partition coefficient (Wildman–Crippen LogP) is 19.8. The van der Waals surface area contributed by atoms with E-state index < -0.39 is 14.9 Å². The second-order valence-corrected chi connectivity index (χ2v) is 31.9. The summed E-state index contributed by atoms with van der Waals surface area (Å²) >= 11 is 0. The van der Waals surface area contributed by atoms with Crippen LogP contribution >= 0.6 is 0 Å². The maximum atomic E-state index is 12.9. The van der Waals surface area contributed by atoms with Crippen molar-refractivity contribution in [3.05, 3.63) is 210 Å². The third kappa shape index (κ3) is 11.0. The lowest BCUT2D eigenvalue weighted by molar-refractivity contribution is 0.446. The van der Waals surface area contributed by atoms with E-state index >= 15 is 0 Å². The normalized spacial score (nSPS) is 13.3. The van der Waals surface area contributed by atoms with Gasteiger partial charge in [-0.15, -0.1) is 0 Å². The van der Waals surface area contributed by atoms with Gasteiger partial charge in [-0.3, -0.25) is 9.55 Å². The number of pyridine rings is 1. The number of nitrogens with zero attached hydrogens (tertiary/aromatic N) is 3. The topological polar surface area (TPSA) is 50.9 Å². The zero-order chi connectivity index (χ0) is 59.1. The van der Waals surface area contributed by atoms with Crippen LogP contribution in [0.4, 0.5) is 0 Å². The molecule has 2 heterocycles. The fourth-order valence-electron chi connectivity index (χ4n) is 10.8. The fourth-order valence-corrected chi connectivity index (χ4v) is 11.9. The molecule has 79 heavy (non-hydrogen) atoms. The number of phenols is 1. The van der Waals surface area contributed by atoms with E-state index in [1.54, 1.807) is 0 Å². The molecule has 0 spiro atoms. The van der Waals surface area contributed by atoms with Gasteiger partial charge in [0.2, 0.25) is 0 Å². The molecular weight excluding hydrogens is 975 g/mol. The minimum atomic E-state index is -2.24. The Morgan fingerprint density at radius 2 is 0.987 bits per heavy atom. The van der Waals surface area contributed by atoms with E-state index in [2.05, 4.69) is 253 Å².